The summed E-state index contributed by atoms with van der Waals surface area (Å²) in [7, 11) is 0. The predicted molar refractivity (Wildman–Crippen MR) is 71.6 cm³/mol. The molecule has 0 fully saturated rings. The molecule has 0 aliphatic rings. The van der Waals surface area contributed by atoms with Gasteiger partial charge in [0.1, 0.15) is 0 Å². The molecule has 18 heavy (non-hydrogen) atoms. The maximum absolute atomic E-state index is 13.1. The summed E-state index contributed by atoms with van der Waals surface area (Å²) in [5.74, 6) is -0.976. The number of hydrogen-bond donors (Lipinski definition) is 2. The Kier molecular flexibility index (Phi) is 3.72. The van der Waals surface area contributed by atoms with Crippen LogP contribution < -0.4 is 5.32 Å². The molecule has 2 N–H and O–H groups in total. The molecule has 94 valence electrons. The lowest BCUT2D eigenvalue weighted by Gasteiger charge is -2.09. The molecule has 0 aromatic heterocycles. The van der Waals surface area contributed by atoms with Gasteiger partial charge in [-0.3, -0.25) is 0 Å². The van der Waals surface area contributed by atoms with Gasteiger partial charge in [0.2, 0.25) is 0 Å². The van der Waals surface area contributed by atoms with Crippen LogP contribution in [0.15, 0.2) is 36.4 Å². The molecule has 2 rings (SSSR count). The van der Waals surface area contributed by atoms with E-state index in [0.717, 1.165) is 11.1 Å². The number of phenols is 1. The third-order valence-electron chi connectivity index (χ3n) is 2.74. The molecule has 0 spiro atoms. The van der Waals surface area contributed by atoms with E-state index in [1.54, 1.807) is 6.07 Å². The van der Waals surface area contributed by atoms with Crippen LogP contribution in [0.25, 0.3) is 0 Å². The van der Waals surface area contributed by atoms with Crippen LogP contribution in [0.4, 0.5) is 10.1 Å². The second-order valence-electron chi connectivity index (χ2n) is 4.09. The molecule has 2 aromatic rings. The van der Waals surface area contributed by atoms with E-state index in [-0.39, 0.29) is 5.75 Å². The van der Waals surface area contributed by atoms with Gasteiger partial charge in [-0.15, -0.1) is 0 Å². The van der Waals surface area contributed by atoms with E-state index < -0.39 is 5.82 Å². The van der Waals surface area contributed by atoms with E-state index in [2.05, 4.69) is 5.32 Å². The molecule has 0 atom stereocenters. The number of phenolic OH excluding ortho intramolecular Hbond substituents is 1. The fourth-order valence-electron chi connectivity index (χ4n) is 1.67. The number of anilines is 1. The first-order chi connectivity index (χ1) is 8.56. The molecule has 0 bridgehead atoms. The highest BCUT2D eigenvalue weighted by atomic mass is 35.5. The van der Waals surface area contributed by atoms with Crippen molar-refractivity contribution in [2.24, 2.45) is 0 Å². The third-order valence-corrected chi connectivity index (χ3v) is 2.97. The molecular weight excluding hydrogens is 253 g/mol. The molecule has 0 aliphatic heterocycles. The highest BCUT2D eigenvalue weighted by Crippen LogP contribution is 2.21. The number of hydrogen-bond acceptors (Lipinski definition) is 2. The summed E-state index contributed by atoms with van der Waals surface area (Å²) in [6.07, 6.45) is 0. The Morgan fingerprint density at radius 3 is 2.67 bits per heavy atom. The average molecular weight is 266 g/mol. The van der Waals surface area contributed by atoms with E-state index in [0.29, 0.717) is 17.3 Å². The van der Waals surface area contributed by atoms with Crippen LogP contribution in [0.2, 0.25) is 5.02 Å². The zero-order valence-electron chi connectivity index (χ0n) is 9.87. The molecule has 2 nitrogen and oxygen atoms in total. The van der Waals surface area contributed by atoms with Crippen LogP contribution in [-0.4, -0.2) is 5.11 Å². The number of halogens is 2. The van der Waals surface area contributed by atoms with Crippen molar-refractivity contribution >= 4 is 17.3 Å². The minimum Gasteiger partial charge on any atom is -0.505 e. The highest BCUT2D eigenvalue weighted by molar-refractivity contribution is 6.30. The number of nitrogens with one attached hydrogen (secondary N) is 1. The second kappa shape index (κ2) is 5.27. The molecule has 4 heteroatoms. The molecule has 0 saturated carbocycles. The van der Waals surface area contributed by atoms with Gasteiger partial charge >= 0.3 is 0 Å². The quantitative estimate of drug-likeness (QED) is 0.819. The number of benzene rings is 2. The van der Waals surface area contributed by atoms with Gasteiger partial charge < -0.3 is 10.4 Å². The van der Waals surface area contributed by atoms with E-state index in [1.807, 2.05) is 25.1 Å². The third kappa shape index (κ3) is 2.93. The maximum Gasteiger partial charge on any atom is 0.166 e. The zero-order chi connectivity index (χ0) is 13.1. The highest BCUT2D eigenvalue weighted by Gasteiger charge is 2.03. The largest absolute Gasteiger partial charge is 0.505 e. The number of aromatic hydroxyl groups is 1. The van der Waals surface area contributed by atoms with Gasteiger partial charge in [0.05, 0.1) is 0 Å². The summed E-state index contributed by atoms with van der Waals surface area (Å²) in [6, 6.07) is 9.86. The Morgan fingerprint density at radius 2 is 2.00 bits per heavy atom. The van der Waals surface area contributed by atoms with Gasteiger partial charge in [0.15, 0.2) is 11.6 Å². The van der Waals surface area contributed by atoms with Crippen LogP contribution in [0.5, 0.6) is 5.75 Å². The molecule has 0 radical (unpaired) electrons. The molecular formula is C14H13ClFNO. The Bertz CT molecular complexity index is 572. The van der Waals surface area contributed by atoms with Crippen LogP contribution in [0.3, 0.4) is 0 Å². The summed E-state index contributed by atoms with van der Waals surface area (Å²) in [5.41, 5.74) is 2.79. The van der Waals surface area contributed by atoms with Gasteiger partial charge in [-0.25, -0.2) is 4.39 Å². The first-order valence-corrected chi connectivity index (χ1v) is 5.91. The van der Waals surface area contributed by atoms with Crippen LogP contribution in [-0.2, 0) is 6.54 Å². The summed E-state index contributed by atoms with van der Waals surface area (Å²) in [4.78, 5) is 0. The molecule has 0 heterocycles. The van der Waals surface area contributed by atoms with Crippen molar-refractivity contribution in [3.05, 3.63) is 58.4 Å². The topological polar surface area (TPSA) is 32.3 Å². The smallest absolute Gasteiger partial charge is 0.166 e. The number of rotatable bonds is 3. The van der Waals surface area contributed by atoms with Crippen molar-refractivity contribution in [1.29, 1.82) is 0 Å². The van der Waals surface area contributed by atoms with Crippen molar-refractivity contribution in [1.82, 2.24) is 0 Å². The summed E-state index contributed by atoms with van der Waals surface area (Å²) < 4.78 is 13.1. The lowest BCUT2D eigenvalue weighted by molar-refractivity contribution is 0.432. The summed E-state index contributed by atoms with van der Waals surface area (Å²) in [5, 5.41) is 12.9. The Morgan fingerprint density at radius 1 is 1.22 bits per heavy atom. The van der Waals surface area contributed by atoms with Gasteiger partial charge in [0, 0.05) is 23.3 Å². The van der Waals surface area contributed by atoms with Gasteiger partial charge in [-0.1, -0.05) is 17.7 Å². The van der Waals surface area contributed by atoms with Crippen LogP contribution in [0, 0.1) is 12.7 Å². The molecule has 0 unspecified atom stereocenters. The zero-order valence-corrected chi connectivity index (χ0v) is 10.6. The maximum atomic E-state index is 13.1. The van der Waals surface area contributed by atoms with Crippen LogP contribution in [0.1, 0.15) is 11.1 Å². The van der Waals surface area contributed by atoms with Crippen LogP contribution >= 0.6 is 11.6 Å². The van der Waals surface area contributed by atoms with Gasteiger partial charge in [0.25, 0.3) is 0 Å². The average Bonchev–Trinajstić information content (AvgIpc) is 2.32. The SMILES string of the molecule is Cc1cc(Cl)ccc1CNc1ccc(O)c(F)c1. The first kappa shape index (κ1) is 12.7. The van der Waals surface area contributed by atoms with E-state index in [1.165, 1.54) is 12.1 Å². The standard InChI is InChI=1S/C14H13ClFNO/c1-9-6-11(15)3-2-10(9)8-17-12-4-5-14(18)13(16)7-12/h2-7,17-18H,8H2,1H3. The van der Waals surface area contributed by atoms with Crippen molar-refractivity contribution in [2.75, 3.05) is 5.32 Å². The first-order valence-electron chi connectivity index (χ1n) is 5.53. The number of aryl methyl sites for hydroxylation is 1. The fraction of sp³-hybridized carbons (Fsp3) is 0.143. The minimum atomic E-state index is -0.632. The van der Waals surface area contributed by atoms with E-state index in [9.17, 15) is 4.39 Å². The van der Waals surface area contributed by atoms with Gasteiger partial charge in [-0.2, -0.15) is 0 Å². The summed E-state index contributed by atoms with van der Waals surface area (Å²) >= 11 is 5.87. The lowest BCUT2D eigenvalue weighted by atomic mass is 10.1. The second-order valence-corrected chi connectivity index (χ2v) is 4.53. The predicted octanol–water partition coefficient (Wildman–Crippen LogP) is 4.11. The van der Waals surface area contributed by atoms with Gasteiger partial charge in [-0.05, 0) is 42.3 Å². The Hall–Kier alpha value is -1.74. The summed E-state index contributed by atoms with van der Waals surface area (Å²) in [6.45, 7) is 2.55. The minimum absolute atomic E-state index is 0.344. The normalized spacial score (nSPS) is 10.4. The van der Waals surface area contributed by atoms with Crippen molar-refractivity contribution in [3.8, 4) is 5.75 Å². The van der Waals surface area contributed by atoms with Crippen molar-refractivity contribution in [2.45, 2.75) is 13.5 Å². The molecule has 2 aromatic carbocycles. The monoisotopic (exact) mass is 265 g/mol. The van der Waals surface area contributed by atoms with Crippen molar-refractivity contribution < 1.29 is 9.50 Å². The molecule has 0 amide bonds. The van der Waals surface area contributed by atoms with Crippen molar-refractivity contribution in [3.63, 3.8) is 0 Å². The fourth-order valence-corrected chi connectivity index (χ4v) is 1.90. The van der Waals surface area contributed by atoms with E-state index in [4.69, 9.17) is 16.7 Å². The Labute approximate surface area is 110 Å². The molecule has 0 aliphatic carbocycles. The van der Waals surface area contributed by atoms with E-state index >= 15 is 0 Å². The lowest BCUT2D eigenvalue weighted by Crippen LogP contribution is -2.01. The molecule has 0 saturated heterocycles. The Balaban J connectivity index is 2.09.